The molecule has 4 nitrogen and oxygen atoms in total. The predicted octanol–water partition coefficient (Wildman–Crippen LogP) is 2.00. The maximum absolute atomic E-state index is 11.9. The summed E-state index contributed by atoms with van der Waals surface area (Å²) >= 11 is 0. The molecule has 0 unspecified atom stereocenters. The topological polar surface area (TPSA) is 58.6 Å². The smallest absolute Gasteiger partial charge is 0.387 e. The standard InChI is InChI=1S/C11H13F2NO3/c1-11(2,16)9(15)14-7-3-5-8(6-4-7)17-10(12)13/h3-6,10,16H,1-2H3,(H,14,15). The van der Waals surface area contributed by atoms with Crippen molar-refractivity contribution in [1.82, 2.24) is 0 Å². The van der Waals surface area contributed by atoms with Gasteiger partial charge in [0.2, 0.25) is 0 Å². The number of hydrogen-bond donors (Lipinski definition) is 2. The molecule has 0 fully saturated rings. The number of halogens is 2. The van der Waals surface area contributed by atoms with Gasteiger partial charge in [-0.1, -0.05) is 0 Å². The van der Waals surface area contributed by atoms with Crippen LogP contribution in [0.3, 0.4) is 0 Å². The highest BCUT2D eigenvalue weighted by atomic mass is 19.3. The Morgan fingerprint density at radius 3 is 2.29 bits per heavy atom. The molecule has 94 valence electrons. The molecule has 0 heterocycles. The highest BCUT2D eigenvalue weighted by Crippen LogP contribution is 2.18. The molecule has 0 aliphatic carbocycles. The van der Waals surface area contributed by atoms with Gasteiger partial charge in [-0.25, -0.2) is 0 Å². The van der Waals surface area contributed by atoms with Crippen molar-refractivity contribution in [3.05, 3.63) is 24.3 Å². The van der Waals surface area contributed by atoms with E-state index in [9.17, 15) is 18.7 Å². The highest BCUT2D eigenvalue weighted by Gasteiger charge is 2.23. The third kappa shape index (κ3) is 4.36. The van der Waals surface area contributed by atoms with E-state index in [1.807, 2.05) is 0 Å². The Labute approximate surface area is 97.2 Å². The molecular weight excluding hydrogens is 232 g/mol. The number of nitrogens with one attached hydrogen (secondary N) is 1. The number of amides is 1. The van der Waals surface area contributed by atoms with E-state index in [-0.39, 0.29) is 5.75 Å². The van der Waals surface area contributed by atoms with Crippen LogP contribution in [0.2, 0.25) is 0 Å². The summed E-state index contributed by atoms with van der Waals surface area (Å²) < 4.78 is 27.9. The van der Waals surface area contributed by atoms with Gasteiger partial charge >= 0.3 is 6.61 Å². The number of hydrogen-bond acceptors (Lipinski definition) is 3. The fourth-order valence-corrected chi connectivity index (χ4v) is 1.00. The number of rotatable bonds is 4. The molecular formula is C11H13F2NO3. The van der Waals surface area contributed by atoms with Crippen molar-refractivity contribution in [2.24, 2.45) is 0 Å². The maximum Gasteiger partial charge on any atom is 0.387 e. The van der Waals surface area contributed by atoms with Crippen LogP contribution in [0.25, 0.3) is 0 Å². The van der Waals surface area contributed by atoms with Crippen molar-refractivity contribution in [1.29, 1.82) is 0 Å². The van der Waals surface area contributed by atoms with Crippen LogP contribution in [-0.4, -0.2) is 23.2 Å². The molecule has 2 N–H and O–H groups in total. The van der Waals surface area contributed by atoms with Crippen LogP contribution in [-0.2, 0) is 4.79 Å². The van der Waals surface area contributed by atoms with E-state index >= 15 is 0 Å². The zero-order valence-electron chi connectivity index (χ0n) is 9.41. The largest absolute Gasteiger partial charge is 0.435 e. The lowest BCUT2D eigenvalue weighted by Crippen LogP contribution is -2.36. The van der Waals surface area contributed by atoms with Crippen molar-refractivity contribution in [3.8, 4) is 5.75 Å². The molecule has 0 radical (unpaired) electrons. The van der Waals surface area contributed by atoms with E-state index in [0.717, 1.165) is 0 Å². The zero-order valence-corrected chi connectivity index (χ0v) is 9.41. The summed E-state index contributed by atoms with van der Waals surface area (Å²) in [5.41, 5.74) is -1.11. The molecule has 0 aliphatic rings. The normalized spacial score (nSPS) is 11.4. The molecule has 0 bridgehead atoms. The first-order valence-corrected chi connectivity index (χ1v) is 4.88. The second-order valence-corrected chi connectivity index (χ2v) is 3.92. The van der Waals surface area contributed by atoms with Gasteiger partial charge in [0.1, 0.15) is 11.4 Å². The minimum atomic E-state index is -2.88. The Morgan fingerprint density at radius 1 is 1.35 bits per heavy atom. The van der Waals surface area contributed by atoms with E-state index in [1.54, 1.807) is 0 Å². The van der Waals surface area contributed by atoms with Crippen LogP contribution >= 0.6 is 0 Å². The average molecular weight is 245 g/mol. The maximum atomic E-state index is 11.9. The van der Waals surface area contributed by atoms with Gasteiger partial charge in [-0.3, -0.25) is 4.79 Å². The monoisotopic (exact) mass is 245 g/mol. The van der Waals surface area contributed by atoms with Crippen molar-refractivity contribution in [2.75, 3.05) is 5.32 Å². The Morgan fingerprint density at radius 2 is 1.88 bits per heavy atom. The third-order valence-corrected chi connectivity index (χ3v) is 1.89. The Balaban J connectivity index is 2.66. The summed E-state index contributed by atoms with van der Waals surface area (Å²) in [5.74, 6) is -0.582. The van der Waals surface area contributed by atoms with Gasteiger partial charge in [0.15, 0.2) is 0 Å². The number of aliphatic hydroxyl groups is 1. The molecule has 0 atom stereocenters. The predicted molar refractivity (Wildman–Crippen MR) is 58.0 cm³/mol. The number of carbonyl (C=O) groups is 1. The first-order chi connectivity index (χ1) is 7.79. The zero-order chi connectivity index (χ0) is 13.1. The molecule has 0 spiro atoms. The fourth-order valence-electron chi connectivity index (χ4n) is 1.00. The number of carbonyl (C=O) groups excluding carboxylic acids is 1. The first-order valence-electron chi connectivity index (χ1n) is 4.88. The highest BCUT2D eigenvalue weighted by molar-refractivity contribution is 5.96. The van der Waals surface area contributed by atoms with Gasteiger partial charge in [0.05, 0.1) is 0 Å². The van der Waals surface area contributed by atoms with E-state index in [0.29, 0.717) is 5.69 Å². The molecule has 0 saturated heterocycles. The molecule has 0 aromatic heterocycles. The molecule has 6 heteroatoms. The summed E-state index contributed by atoms with van der Waals surface area (Å²) in [7, 11) is 0. The van der Waals surface area contributed by atoms with Gasteiger partial charge < -0.3 is 15.2 Å². The van der Waals surface area contributed by atoms with Crippen LogP contribution < -0.4 is 10.1 Å². The van der Waals surface area contributed by atoms with Crippen molar-refractivity contribution in [3.63, 3.8) is 0 Å². The summed E-state index contributed by atoms with van der Waals surface area (Å²) in [4.78, 5) is 11.4. The van der Waals surface area contributed by atoms with Crippen LogP contribution in [0.4, 0.5) is 14.5 Å². The lowest BCUT2D eigenvalue weighted by atomic mass is 10.1. The van der Waals surface area contributed by atoms with E-state index < -0.39 is 18.1 Å². The van der Waals surface area contributed by atoms with E-state index in [2.05, 4.69) is 10.1 Å². The van der Waals surface area contributed by atoms with Crippen molar-refractivity contribution >= 4 is 11.6 Å². The molecule has 0 saturated carbocycles. The summed E-state index contributed by atoms with van der Waals surface area (Å²) in [6, 6.07) is 5.40. The van der Waals surface area contributed by atoms with Gasteiger partial charge in [-0.05, 0) is 38.1 Å². The Hall–Kier alpha value is -1.69. The SMILES string of the molecule is CC(C)(O)C(=O)Nc1ccc(OC(F)F)cc1. The lowest BCUT2D eigenvalue weighted by molar-refractivity contribution is -0.130. The van der Waals surface area contributed by atoms with Gasteiger partial charge in [-0.2, -0.15) is 8.78 Å². The minimum absolute atomic E-state index is 0.00116. The molecule has 1 rings (SSSR count). The molecule has 0 aliphatic heterocycles. The van der Waals surface area contributed by atoms with Crippen LogP contribution in [0.15, 0.2) is 24.3 Å². The second-order valence-electron chi connectivity index (χ2n) is 3.92. The van der Waals surface area contributed by atoms with Crippen LogP contribution in [0, 0.1) is 0 Å². The second kappa shape index (κ2) is 5.09. The van der Waals surface area contributed by atoms with Gasteiger partial charge in [0.25, 0.3) is 5.91 Å². The van der Waals surface area contributed by atoms with Gasteiger partial charge in [-0.15, -0.1) is 0 Å². The summed E-state index contributed by atoms with van der Waals surface area (Å²) in [6.45, 7) is -0.195. The fraction of sp³-hybridized carbons (Fsp3) is 0.364. The average Bonchev–Trinajstić information content (AvgIpc) is 2.18. The van der Waals surface area contributed by atoms with E-state index in [4.69, 9.17) is 0 Å². The summed E-state index contributed by atoms with van der Waals surface area (Å²) in [6.07, 6.45) is 0. The number of alkyl halides is 2. The Bertz CT molecular complexity index is 385. The van der Waals surface area contributed by atoms with Crippen molar-refractivity contribution < 1.29 is 23.4 Å². The van der Waals surface area contributed by atoms with Crippen molar-refractivity contribution in [2.45, 2.75) is 26.1 Å². The molecule has 1 aromatic carbocycles. The lowest BCUT2D eigenvalue weighted by Gasteiger charge is -2.16. The summed E-state index contributed by atoms with van der Waals surface area (Å²) in [5, 5.41) is 11.8. The van der Waals surface area contributed by atoms with E-state index in [1.165, 1.54) is 38.1 Å². The third-order valence-electron chi connectivity index (χ3n) is 1.89. The number of anilines is 1. The quantitative estimate of drug-likeness (QED) is 0.852. The van der Waals surface area contributed by atoms with Crippen LogP contribution in [0.5, 0.6) is 5.75 Å². The first kappa shape index (κ1) is 13.4. The molecule has 17 heavy (non-hydrogen) atoms. The van der Waals surface area contributed by atoms with Crippen LogP contribution in [0.1, 0.15) is 13.8 Å². The minimum Gasteiger partial charge on any atom is -0.435 e. The number of benzene rings is 1. The molecule has 1 amide bonds. The molecule has 1 aromatic rings. The van der Waals surface area contributed by atoms with Gasteiger partial charge in [0, 0.05) is 5.69 Å². The Kier molecular flexibility index (Phi) is 4.01. The number of ether oxygens (including phenoxy) is 1.